The molecule has 1 aromatic heterocycles. The molecule has 0 saturated heterocycles. The van der Waals surface area contributed by atoms with Gasteiger partial charge in [-0.2, -0.15) is 5.26 Å². The van der Waals surface area contributed by atoms with Crippen LogP contribution in [0.15, 0.2) is 88.8 Å². The van der Waals surface area contributed by atoms with Crippen LogP contribution in [0.2, 0.25) is 0 Å². The van der Waals surface area contributed by atoms with Gasteiger partial charge in [0.15, 0.2) is 0 Å². The summed E-state index contributed by atoms with van der Waals surface area (Å²) in [5.74, 6) is 0. The molecule has 0 spiro atoms. The quantitative estimate of drug-likeness (QED) is 0.249. The number of hydrogen-bond acceptors (Lipinski definition) is 5. The first-order valence-corrected chi connectivity index (χ1v) is 10.8. The third-order valence-corrected chi connectivity index (χ3v) is 6.07. The van der Waals surface area contributed by atoms with Gasteiger partial charge in [0, 0.05) is 28.2 Å². The van der Waals surface area contributed by atoms with Gasteiger partial charge in [-0.25, -0.2) is 4.98 Å². The van der Waals surface area contributed by atoms with Crippen LogP contribution in [0.5, 0.6) is 0 Å². The molecule has 0 N–H and O–H groups in total. The van der Waals surface area contributed by atoms with Crippen LogP contribution in [0.3, 0.4) is 0 Å². The Kier molecular flexibility index (Phi) is 6.02. The van der Waals surface area contributed by atoms with E-state index in [1.807, 2.05) is 68.4 Å². The number of nitro groups is 1. The van der Waals surface area contributed by atoms with E-state index >= 15 is 0 Å². The Labute approximate surface area is 190 Å². The molecular weight excluding hydrogens is 418 g/mol. The van der Waals surface area contributed by atoms with Gasteiger partial charge in [0.25, 0.3) is 5.69 Å². The average molecular weight is 438 g/mol. The molecule has 3 aromatic carbocycles. The van der Waals surface area contributed by atoms with Crippen LogP contribution in [-0.4, -0.2) is 9.91 Å². The predicted octanol–water partition coefficient (Wildman–Crippen LogP) is 6.96. The maximum absolute atomic E-state index is 11.1. The van der Waals surface area contributed by atoms with Crippen LogP contribution in [0.4, 0.5) is 5.69 Å². The number of rotatable bonds is 5. The van der Waals surface area contributed by atoms with Crippen molar-refractivity contribution < 1.29 is 4.92 Å². The molecule has 0 amide bonds. The van der Waals surface area contributed by atoms with Gasteiger partial charge >= 0.3 is 0 Å². The summed E-state index contributed by atoms with van der Waals surface area (Å²) < 4.78 is 0. The van der Waals surface area contributed by atoms with Gasteiger partial charge in [-0.1, -0.05) is 59.3 Å². The molecule has 0 saturated carbocycles. The monoisotopic (exact) mass is 437 g/mol. The number of non-ortho nitro benzene ring substituents is 1. The molecule has 156 valence electrons. The van der Waals surface area contributed by atoms with E-state index in [1.165, 1.54) is 23.9 Å². The maximum Gasteiger partial charge on any atom is 0.269 e. The number of benzene rings is 3. The Morgan fingerprint density at radius 1 is 0.875 bits per heavy atom. The van der Waals surface area contributed by atoms with Gasteiger partial charge < -0.3 is 0 Å². The van der Waals surface area contributed by atoms with E-state index in [2.05, 4.69) is 6.07 Å². The lowest BCUT2D eigenvalue weighted by atomic mass is 9.99. The Morgan fingerprint density at radius 3 is 2.00 bits per heavy atom. The largest absolute Gasteiger partial charge is 0.269 e. The number of nitrogens with zero attached hydrogens (tertiary/aromatic N) is 3. The van der Waals surface area contributed by atoms with Crippen LogP contribution in [0.25, 0.3) is 22.4 Å². The van der Waals surface area contributed by atoms with Gasteiger partial charge in [-0.15, -0.1) is 0 Å². The lowest BCUT2D eigenvalue weighted by molar-refractivity contribution is -0.384. The topological polar surface area (TPSA) is 79.8 Å². The highest BCUT2D eigenvalue weighted by molar-refractivity contribution is 7.99. The van der Waals surface area contributed by atoms with Crippen molar-refractivity contribution in [1.82, 2.24) is 4.98 Å². The number of aryl methyl sites for hydroxylation is 2. The summed E-state index contributed by atoms with van der Waals surface area (Å²) in [6, 6.07) is 26.5. The zero-order valence-corrected chi connectivity index (χ0v) is 18.4. The second kappa shape index (κ2) is 9.04. The third-order valence-electron chi connectivity index (χ3n) is 5.07. The van der Waals surface area contributed by atoms with E-state index in [9.17, 15) is 15.4 Å². The summed E-state index contributed by atoms with van der Waals surface area (Å²) in [4.78, 5) is 16.4. The molecule has 0 bridgehead atoms. The van der Waals surface area contributed by atoms with Crippen molar-refractivity contribution in [2.75, 3.05) is 0 Å². The van der Waals surface area contributed by atoms with Crippen LogP contribution >= 0.6 is 11.8 Å². The molecule has 0 aliphatic carbocycles. The van der Waals surface area contributed by atoms with Crippen molar-refractivity contribution in [2.24, 2.45) is 0 Å². The maximum atomic E-state index is 11.1. The fourth-order valence-electron chi connectivity index (χ4n) is 3.28. The zero-order chi connectivity index (χ0) is 22.7. The molecule has 5 nitrogen and oxygen atoms in total. The fraction of sp³-hybridized carbons (Fsp3) is 0.0769. The number of hydrogen-bond donors (Lipinski definition) is 0. The summed E-state index contributed by atoms with van der Waals surface area (Å²) in [5, 5.41) is 21.7. The molecular formula is C26H19N3O2S. The summed E-state index contributed by atoms with van der Waals surface area (Å²) >= 11 is 1.43. The summed E-state index contributed by atoms with van der Waals surface area (Å²) in [6.45, 7) is 4.05. The van der Waals surface area contributed by atoms with E-state index in [-0.39, 0.29) is 5.69 Å². The van der Waals surface area contributed by atoms with E-state index < -0.39 is 4.92 Å². The Hall–Kier alpha value is -3.95. The molecule has 0 aliphatic heterocycles. The molecule has 4 rings (SSSR count). The van der Waals surface area contributed by atoms with Crippen LogP contribution < -0.4 is 0 Å². The van der Waals surface area contributed by atoms with Crippen LogP contribution in [0.1, 0.15) is 16.7 Å². The van der Waals surface area contributed by atoms with Crippen LogP contribution in [0, 0.1) is 35.3 Å². The minimum atomic E-state index is -0.433. The van der Waals surface area contributed by atoms with E-state index in [0.717, 1.165) is 32.8 Å². The molecule has 32 heavy (non-hydrogen) atoms. The van der Waals surface area contributed by atoms with Crippen molar-refractivity contribution in [1.29, 1.82) is 5.26 Å². The minimum Gasteiger partial charge on any atom is -0.258 e. The van der Waals surface area contributed by atoms with Gasteiger partial charge in [0.05, 0.1) is 16.2 Å². The molecule has 0 aliphatic rings. The molecule has 6 heteroatoms. The summed E-state index contributed by atoms with van der Waals surface area (Å²) in [6.07, 6.45) is 0. The standard InChI is InChI=1S/C26H19N3O2S/c1-17-3-7-20(8-4-17)25-15-23(19-9-11-21(12-10-19)29(30)31)24(16-27)26(28-25)32-22-13-5-18(2)6-14-22/h3-15H,1-2H3. The lowest BCUT2D eigenvalue weighted by Crippen LogP contribution is -1.96. The van der Waals surface area contributed by atoms with Crippen LogP contribution in [-0.2, 0) is 0 Å². The first kappa shape index (κ1) is 21.3. The van der Waals surface area contributed by atoms with Gasteiger partial charge in [0.1, 0.15) is 11.1 Å². The van der Waals surface area contributed by atoms with Crippen molar-refractivity contribution >= 4 is 17.4 Å². The molecule has 0 fully saturated rings. The third kappa shape index (κ3) is 4.53. The highest BCUT2D eigenvalue weighted by Gasteiger charge is 2.17. The van der Waals surface area contributed by atoms with Gasteiger partial charge in [-0.05, 0) is 49.7 Å². The minimum absolute atomic E-state index is 0.00863. The predicted molar refractivity (Wildman–Crippen MR) is 127 cm³/mol. The Balaban J connectivity index is 1.89. The SMILES string of the molecule is Cc1ccc(Sc2nc(-c3ccc(C)cc3)cc(-c3ccc([N+](=O)[O-])cc3)c2C#N)cc1. The summed E-state index contributed by atoms with van der Waals surface area (Å²) in [7, 11) is 0. The number of aromatic nitrogens is 1. The van der Waals surface area contributed by atoms with Crippen molar-refractivity contribution in [3.8, 4) is 28.5 Å². The second-order valence-corrected chi connectivity index (χ2v) is 8.49. The lowest BCUT2D eigenvalue weighted by Gasteiger charge is -2.13. The van der Waals surface area contributed by atoms with Crippen molar-refractivity contribution in [3.63, 3.8) is 0 Å². The molecule has 0 radical (unpaired) electrons. The fourth-order valence-corrected chi connectivity index (χ4v) is 4.18. The highest BCUT2D eigenvalue weighted by atomic mass is 32.2. The average Bonchev–Trinajstić information content (AvgIpc) is 2.80. The smallest absolute Gasteiger partial charge is 0.258 e. The molecule has 0 unspecified atom stereocenters. The highest BCUT2D eigenvalue weighted by Crippen LogP contribution is 2.37. The first-order valence-electron chi connectivity index (χ1n) is 9.96. The second-order valence-electron chi connectivity index (χ2n) is 7.43. The molecule has 0 atom stereocenters. The number of nitriles is 1. The first-order chi connectivity index (χ1) is 15.4. The Bertz CT molecular complexity index is 1320. The van der Waals surface area contributed by atoms with E-state index in [1.54, 1.807) is 12.1 Å². The molecule has 1 heterocycles. The molecule has 4 aromatic rings. The van der Waals surface area contributed by atoms with E-state index in [4.69, 9.17) is 4.98 Å². The van der Waals surface area contributed by atoms with Gasteiger partial charge in [0.2, 0.25) is 0 Å². The Morgan fingerprint density at radius 2 is 1.44 bits per heavy atom. The summed E-state index contributed by atoms with van der Waals surface area (Å²) in [5.41, 5.74) is 5.86. The normalized spacial score (nSPS) is 10.5. The van der Waals surface area contributed by atoms with Crippen molar-refractivity contribution in [3.05, 3.63) is 106 Å². The van der Waals surface area contributed by atoms with Crippen molar-refractivity contribution in [2.45, 2.75) is 23.8 Å². The number of pyridine rings is 1. The van der Waals surface area contributed by atoms with Gasteiger partial charge in [-0.3, -0.25) is 10.1 Å². The number of nitro benzene ring substituents is 1. The zero-order valence-electron chi connectivity index (χ0n) is 17.6. The van der Waals surface area contributed by atoms with E-state index in [0.29, 0.717) is 16.2 Å².